The molecular weight excluding hydrogens is 272 g/mol. The number of aromatic hydroxyl groups is 1. The third kappa shape index (κ3) is 2.04. The third-order valence-corrected chi connectivity index (χ3v) is 3.73. The summed E-state index contributed by atoms with van der Waals surface area (Å²) < 4.78 is 2.12. The predicted molar refractivity (Wildman–Crippen MR) is 82.3 cm³/mol. The van der Waals surface area contributed by atoms with Gasteiger partial charge in [-0.15, -0.1) is 0 Å². The van der Waals surface area contributed by atoms with E-state index in [0.29, 0.717) is 5.02 Å². The molecule has 1 N–H and O–H groups in total. The lowest BCUT2D eigenvalue weighted by atomic mass is 10.1. The van der Waals surface area contributed by atoms with E-state index in [1.165, 1.54) is 0 Å². The summed E-state index contributed by atoms with van der Waals surface area (Å²) in [5.74, 6) is 1.13. The molecule has 0 aliphatic heterocycles. The van der Waals surface area contributed by atoms with E-state index in [9.17, 15) is 5.11 Å². The Hall–Kier alpha value is -2.00. The lowest BCUT2D eigenvalue weighted by Gasteiger charge is -2.07. The normalized spacial score (nSPS) is 11.2. The molecule has 0 aliphatic rings. The van der Waals surface area contributed by atoms with Crippen LogP contribution < -0.4 is 0 Å². The van der Waals surface area contributed by atoms with Crippen molar-refractivity contribution in [1.29, 1.82) is 0 Å². The summed E-state index contributed by atoms with van der Waals surface area (Å²) in [4.78, 5) is 4.65. The largest absolute Gasteiger partial charge is 0.508 e. The van der Waals surface area contributed by atoms with Crippen LogP contribution in [0.15, 0.2) is 36.4 Å². The number of aromatic nitrogens is 2. The Bertz CT molecular complexity index is 793. The molecular formula is C16H15ClN2O. The molecule has 0 saturated carbocycles. The van der Waals surface area contributed by atoms with Gasteiger partial charge in [-0.3, -0.25) is 0 Å². The lowest BCUT2D eigenvalue weighted by molar-refractivity contribution is 0.471. The van der Waals surface area contributed by atoms with Crippen molar-refractivity contribution >= 4 is 22.6 Å². The van der Waals surface area contributed by atoms with Gasteiger partial charge in [0.25, 0.3) is 0 Å². The Balaban J connectivity index is 2.26. The van der Waals surface area contributed by atoms with Crippen molar-refractivity contribution in [2.24, 2.45) is 0 Å². The van der Waals surface area contributed by atoms with Crippen LogP contribution in [0.5, 0.6) is 5.75 Å². The standard InChI is InChI=1S/C16H15ClN2O/c1-3-19-14-7-6-12(17)9-13(14)18-16(19)11-5-4-10(2)15(20)8-11/h4-9,20H,3H2,1-2H3. The number of aryl methyl sites for hydroxylation is 2. The Morgan fingerprint density at radius 1 is 1.20 bits per heavy atom. The van der Waals surface area contributed by atoms with Gasteiger partial charge in [-0.25, -0.2) is 4.98 Å². The average molecular weight is 287 g/mol. The molecule has 0 amide bonds. The molecule has 3 rings (SSSR count). The van der Waals surface area contributed by atoms with Crippen molar-refractivity contribution in [2.45, 2.75) is 20.4 Å². The Kier molecular flexibility index (Phi) is 3.14. The fourth-order valence-corrected chi connectivity index (χ4v) is 2.56. The topological polar surface area (TPSA) is 38.0 Å². The van der Waals surface area contributed by atoms with Gasteiger partial charge in [0, 0.05) is 17.1 Å². The number of halogens is 1. The van der Waals surface area contributed by atoms with E-state index in [4.69, 9.17) is 11.6 Å². The number of hydrogen-bond acceptors (Lipinski definition) is 2. The van der Waals surface area contributed by atoms with E-state index in [1.807, 2.05) is 37.3 Å². The lowest BCUT2D eigenvalue weighted by Crippen LogP contribution is -1.97. The number of hydrogen-bond donors (Lipinski definition) is 1. The number of rotatable bonds is 2. The molecule has 0 fully saturated rings. The van der Waals surface area contributed by atoms with E-state index in [0.717, 1.165) is 34.5 Å². The van der Waals surface area contributed by atoms with Gasteiger partial charge < -0.3 is 9.67 Å². The molecule has 0 radical (unpaired) electrons. The van der Waals surface area contributed by atoms with Crippen LogP contribution in [0.3, 0.4) is 0 Å². The van der Waals surface area contributed by atoms with Gasteiger partial charge in [-0.1, -0.05) is 23.7 Å². The van der Waals surface area contributed by atoms with Gasteiger partial charge in [-0.2, -0.15) is 0 Å². The zero-order chi connectivity index (χ0) is 14.3. The zero-order valence-corrected chi connectivity index (χ0v) is 12.1. The Morgan fingerprint density at radius 3 is 2.70 bits per heavy atom. The number of imidazole rings is 1. The fourth-order valence-electron chi connectivity index (χ4n) is 2.39. The van der Waals surface area contributed by atoms with E-state index in [1.54, 1.807) is 6.07 Å². The zero-order valence-electron chi connectivity index (χ0n) is 11.4. The van der Waals surface area contributed by atoms with Crippen LogP contribution >= 0.6 is 11.6 Å². The molecule has 1 heterocycles. The molecule has 2 aromatic carbocycles. The SMILES string of the molecule is CCn1c(-c2ccc(C)c(O)c2)nc2cc(Cl)ccc21. The monoisotopic (exact) mass is 286 g/mol. The summed E-state index contributed by atoms with van der Waals surface area (Å²) in [6, 6.07) is 11.3. The Morgan fingerprint density at radius 2 is 2.00 bits per heavy atom. The summed E-state index contributed by atoms with van der Waals surface area (Å²) in [6.45, 7) is 4.76. The molecule has 0 bridgehead atoms. The van der Waals surface area contributed by atoms with Crippen LogP contribution in [0.2, 0.25) is 5.02 Å². The summed E-state index contributed by atoms with van der Waals surface area (Å²) in [7, 11) is 0. The summed E-state index contributed by atoms with van der Waals surface area (Å²) in [5.41, 5.74) is 3.68. The van der Waals surface area contributed by atoms with Gasteiger partial charge in [-0.05, 0) is 43.7 Å². The third-order valence-electron chi connectivity index (χ3n) is 3.49. The van der Waals surface area contributed by atoms with Crippen molar-refractivity contribution < 1.29 is 5.11 Å². The predicted octanol–water partition coefficient (Wildman–Crippen LogP) is 4.39. The summed E-state index contributed by atoms with van der Waals surface area (Å²) in [5, 5.41) is 10.6. The van der Waals surface area contributed by atoms with Crippen molar-refractivity contribution in [3.05, 3.63) is 47.0 Å². The maximum absolute atomic E-state index is 9.89. The molecule has 0 spiro atoms. The van der Waals surface area contributed by atoms with Crippen molar-refractivity contribution in [2.75, 3.05) is 0 Å². The molecule has 4 heteroatoms. The minimum absolute atomic E-state index is 0.287. The quantitative estimate of drug-likeness (QED) is 0.759. The van der Waals surface area contributed by atoms with Gasteiger partial charge in [0.05, 0.1) is 11.0 Å². The second kappa shape index (κ2) is 4.84. The number of phenolic OH excluding ortho intramolecular Hbond substituents is 1. The second-order valence-corrected chi connectivity index (χ2v) is 5.25. The maximum Gasteiger partial charge on any atom is 0.141 e. The number of phenols is 1. The molecule has 20 heavy (non-hydrogen) atoms. The minimum Gasteiger partial charge on any atom is -0.508 e. The average Bonchev–Trinajstić information content (AvgIpc) is 2.79. The molecule has 0 atom stereocenters. The van der Waals surface area contributed by atoms with Crippen LogP contribution in [-0.2, 0) is 6.54 Å². The second-order valence-electron chi connectivity index (χ2n) is 4.81. The summed E-state index contributed by atoms with van der Waals surface area (Å²) >= 11 is 6.03. The number of fused-ring (bicyclic) bond motifs is 1. The first kappa shape index (κ1) is 13.0. The van der Waals surface area contributed by atoms with Crippen LogP contribution in [0.25, 0.3) is 22.4 Å². The van der Waals surface area contributed by atoms with Crippen molar-refractivity contribution in [3.63, 3.8) is 0 Å². The summed E-state index contributed by atoms with van der Waals surface area (Å²) in [6.07, 6.45) is 0. The van der Waals surface area contributed by atoms with Gasteiger partial charge in [0.15, 0.2) is 0 Å². The van der Waals surface area contributed by atoms with E-state index >= 15 is 0 Å². The van der Waals surface area contributed by atoms with Crippen LogP contribution in [0.4, 0.5) is 0 Å². The maximum atomic E-state index is 9.89. The van der Waals surface area contributed by atoms with Gasteiger partial charge in [0.2, 0.25) is 0 Å². The molecule has 3 aromatic rings. The highest BCUT2D eigenvalue weighted by Crippen LogP contribution is 2.29. The first-order valence-electron chi connectivity index (χ1n) is 6.56. The number of benzene rings is 2. The highest BCUT2D eigenvalue weighted by Gasteiger charge is 2.12. The first-order chi connectivity index (χ1) is 9.60. The highest BCUT2D eigenvalue weighted by molar-refractivity contribution is 6.31. The molecule has 1 aromatic heterocycles. The smallest absolute Gasteiger partial charge is 0.141 e. The molecule has 102 valence electrons. The highest BCUT2D eigenvalue weighted by atomic mass is 35.5. The van der Waals surface area contributed by atoms with E-state index < -0.39 is 0 Å². The van der Waals surface area contributed by atoms with E-state index in [-0.39, 0.29) is 5.75 Å². The first-order valence-corrected chi connectivity index (χ1v) is 6.93. The Labute approximate surface area is 122 Å². The molecule has 0 saturated heterocycles. The molecule has 3 nitrogen and oxygen atoms in total. The van der Waals surface area contributed by atoms with Gasteiger partial charge in [0.1, 0.15) is 11.6 Å². The van der Waals surface area contributed by atoms with Crippen molar-refractivity contribution in [1.82, 2.24) is 9.55 Å². The molecule has 0 aliphatic carbocycles. The number of nitrogens with zero attached hydrogens (tertiary/aromatic N) is 2. The van der Waals surface area contributed by atoms with E-state index in [2.05, 4.69) is 16.5 Å². The van der Waals surface area contributed by atoms with Crippen LogP contribution in [-0.4, -0.2) is 14.7 Å². The van der Waals surface area contributed by atoms with Crippen LogP contribution in [0, 0.1) is 6.92 Å². The van der Waals surface area contributed by atoms with Crippen LogP contribution in [0.1, 0.15) is 12.5 Å². The van der Waals surface area contributed by atoms with Gasteiger partial charge >= 0.3 is 0 Å². The van der Waals surface area contributed by atoms with Crippen molar-refractivity contribution in [3.8, 4) is 17.1 Å². The fraction of sp³-hybridized carbons (Fsp3) is 0.188. The molecule has 0 unspecified atom stereocenters. The minimum atomic E-state index is 0.287.